The molecule has 2 aromatic carbocycles. The number of carbonyl (C=O) groups excluding carboxylic acids is 2. The van der Waals surface area contributed by atoms with Crippen LogP contribution in [0, 0.1) is 6.92 Å². The number of nitrogens with one attached hydrogen (secondary N) is 1. The zero-order valence-corrected chi connectivity index (χ0v) is 19.5. The van der Waals surface area contributed by atoms with E-state index in [2.05, 4.69) is 18.3 Å². The van der Waals surface area contributed by atoms with Crippen LogP contribution in [0.5, 0.6) is 0 Å². The molecular weight excluding hydrogens is 404 g/mol. The normalized spacial score (nSPS) is 16.0. The summed E-state index contributed by atoms with van der Waals surface area (Å²) < 4.78 is 0. The molecule has 1 N–H and O–H groups in total. The van der Waals surface area contributed by atoms with Crippen molar-refractivity contribution in [2.24, 2.45) is 0 Å². The average Bonchev–Trinajstić information content (AvgIpc) is 3.15. The van der Waals surface area contributed by atoms with Crippen LogP contribution in [0.2, 0.25) is 0 Å². The van der Waals surface area contributed by atoms with Crippen molar-refractivity contribution in [2.75, 3.05) is 16.0 Å². The predicted molar refractivity (Wildman–Crippen MR) is 132 cm³/mol. The highest BCUT2D eigenvalue weighted by Crippen LogP contribution is 2.42. The number of thioether (sulfide) groups is 1. The largest absolute Gasteiger partial charge is 0.326 e. The first-order valence-electron chi connectivity index (χ1n) is 11.5. The maximum absolute atomic E-state index is 12.5. The minimum absolute atomic E-state index is 0.0354. The zero-order valence-electron chi connectivity index (χ0n) is 18.7. The summed E-state index contributed by atoms with van der Waals surface area (Å²) in [5.74, 6) is 0.691. The highest BCUT2D eigenvalue weighted by Gasteiger charge is 2.34. The Bertz CT molecular complexity index is 866. The lowest BCUT2D eigenvalue weighted by molar-refractivity contribution is -0.116. The van der Waals surface area contributed by atoms with Crippen molar-refractivity contribution in [1.29, 1.82) is 0 Å². The van der Waals surface area contributed by atoms with Crippen LogP contribution < -0.4 is 10.2 Å². The SMILES string of the molecule is CCCCCCCCCC(=O)Nc1ccc([C@@H]2SCC(=O)N2c2cccc(C)c2)cc1. The van der Waals surface area contributed by atoms with Gasteiger partial charge in [-0.1, -0.05) is 69.7 Å². The molecule has 0 aromatic heterocycles. The molecule has 2 amide bonds. The van der Waals surface area contributed by atoms with Crippen molar-refractivity contribution in [3.63, 3.8) is 0 Å². The second kappa shape index (κ2) is 11.9. The Labute approximate surface area is 190 Å². The summed E-state index contributed by atoms with van der Waals surface area (Å²) in [5, 5.41) is 2.97. The van der Waals surface area contributed by atoms with Crippen LogP contribution >= 0.6 is 11.8 Å². The van der Waals surface area contributed by atoms with E-state index in [9.17, 15) is 9.59 Å². The first-order chi connectivity index (χ1) is 15.1. The van der Waals surface area contributed by atoms with Crippen molar-refractivity contribution in [2.45, 2.75) is 70.6 Å². The number of hydrogen-bond donors (Lipinski definition) is 1. The molecule has 166 valence electrons. The fourth-order valence-corrected chi connectivity index (χ4v) is 5.10. The topological polar surface area (TPSA) is 49.4 Å². The fourth-order valence-electron chi connectivity index (χ4n) is 3.92. The van der Waals surface area contributed by atoms with Gasteiger partial charge in [0.15, 0.2) is 0 Å². The van der Waals surface area contributed by atoms with Crippen molar-refractivity contribution in [3.8, 4) is 0 Å². The summed E-state index contributed by atoms with van der Waals surface area (Å²) >= 11 is 1.64. The second-order valence-electron chi connectivity index (χ2n) is 8.31. The van der Waals surface area contributed by atoms with Gasteiger partial charge >= 0.3 is 0 Å². The highest BCUT2D eigenvalue weighted by atomic mass is 32.2. The molecule has 0 spiro atoms. The lowest BCUT2D eigenvalue weighted by atomic mass is 10.1. The molecule has 3 rings (SSSR count). The van der Waals surface area contributed by atoms with Crippen LogP contribution in [0.15, 0.2) is 48.5 Å². The van der Waals surface area contributed by atoms with Crippen molar-refractivity contribution >= 4 is 35.0 Å². The van der Waals surface area contributed by atoms with Gasteiger partial charge in [-0.25, -0.2) is 0 Å². The standard InChI is InChI=1S/C26H34N2O2S/c1-3-4-5-6-7-8-9-13-24(29)27-22-16-14-21(15-17-22)26-28(25(30)19-31-26)23-12-10-11-20(2)18-23/h10-12,14-18,26H,3-9,13,19H2,1-2H3,(H,27,29)/t26-/m0/s1. The molecule has 0 unspecified atom stereocenters. The van der Waals surface area contributed by atoms with Crippen molar-refractivity contribution in [3.05, 3.63) is 59.7 Å². The summed E-state index contributed by atoms with van der Waals surface area (Å²) in [6.45, 7) is 4.26. The molecule has 1 atom stereocenters. The van der Waals surface area contributed by atoms with E-state index in [4.69, 9.17) is 0 Å². The molecule has 4 nitrogen and oxygen atoms in total. The van der Waals surface area contributed by atoms with E-state index in [-0.39, 0.29) is 17.2 Å². The average molecular weight is 439 g/mol. The van der Waals surface area contributed by atoms with Crippen LogP contribution in [0.4, 0.5) is 11.4 Å². The number of unbranched alkanes of at least 4 members (excludes halogenated alkanes) is 6. The third kappa shape index (κ3) is 6.86. The van der Waals surface area contributed by atoms with Crippen LogP contribution in [0.1, 0.15) is 74.8 Å². The lowest BCUT2D eigenvalue weighted by Gasteiger charge is -2.25. The molecule has 5 heteroatoms. The Morgan fingerprint density at radius 3 is 2.45 bits per heavy atom. The third-order valence-corrected chi connectivity index (χ3v) is 6.85. The summed E-state index contributed by atoms with van der Waals surface area (Å²) in [6.07, 6.45) is 9.02. The number of nitrogens with zero attached hydrogens (tertiary/aromatic N) is 1. The van der Waals surface area contributed by atoms with Crippen LogP contribution in [-0.2, 0) is 9.59 Å². The van der Waals surface area contributed by atoms with E-state index in [1.54, 1.807) is 11.8 Å². The van der Waals surface area contributed by atoms with E-state index in [0.29, 0.717) is 12.2 Å². The fraction of sp³-hybridized carbons (Fsp3) is 0.462. The summed E-state index contributed by atoms with van der Waals surface area (Å²) in [5.41, 5.74) is 3.96. The van der Waals surface area contributed by atoms with E-state index < -0.39 is 0 Å². The maximum Gasteiger partial charge on any atom is 0.238 e. The quantitative estimate of drug-likeness (QED) is 0.390. The van der Waals surface area contributed by atoms with Crippen molar-refractivity contribution in [1.82, 2.24) is 0 Å². The molecule has 0 bridgehead atoms. The minimum Gasteiger partial charge on any atom is -0.326 e. The molecule has 0 saturated carbocycles. The number of anilines is 2. The smallest absolute Gasteiger partial charge is 0.238 e. The van der Waals surface area contributed by atoms with E-state index in [1.165, 1.54) is 32.1 Å². The van der Waals surface area contributed by atoms with Crippen LogP contribution in [-0.4, -0.2) is 17.6 Å². The van der Waals surface area contributed by atoms with Gasteiger partial charge in [0.2, 0.25) is 11.8 Å². The lowest BCUT2D eigenvalue weighted by Crippen LogP contribution is -2.27. The Hall–Kier alpha value is -2.27. The maximum atomic E-state index is 12.5. The molecule has 0 radical (unpaired) electrons. The van der Waals surface area contributed by atoms with Gasteiger partial charge < -0.3 is 5.32 Å². The van der Waals surface area contributed by atoms with Gasteiger partial charge in [-0.3, -0.25) is 14.5 Å². The number of carbonyl (C=O) groups is 2. The summed E-state index contributed by atoms with van der Waals surface area (Å²) in [4.78, 5) is 26.6. The molecule has 1 fully saturated rings. The van der Waals surface area contributed by atoms with E-state index in [0.717, 1.165) is 35.3 Å². The third-order valence-electron chi connectivity index (χ3n) is 5.63. The van der Waals surface area contributed by atoms with Gasteiger partial charge in [0.25, 0.3) is 0 Å². The summed E-state index contributed by atoms with van der Waals surface area (Å²) in [6, 6.07) is 16.0. The minimum atomic E-state index is -0.0354. The molecule has 1 aliphatic rings. The number of amides is 2. The van der Waals surface area contributed by atoms with Gasteiger partial charge in [0.1, 0.15) is 5.37 Å². The van der Waals surface area contributed by atoms with Gasteiger partial charge in [-0.2, -0.15) is 0 Å². The first-order valence-corrected chi connectivity index (χ1v) is 12.5. The number of benzene rings is 2. The van der Waals surface area contributed by atoms with Crippen LogP contribution in [0.25, 0.3) is 0 Å². The van der Waals surface area contributed by atoms with E-state index in [1.807, 2.05) is 54.3 Å². The molecule has 1 aliphatic heterocycles. The van der Waals surface area contributed by atoms with Gasteiger partial charge in [-0.05, 0) is 48.7 Å². The molecule has 2 aromatic rings. The van der Waals surface area contributed by atoms with Crippen LogP contribution in [0.3, 0.4) is 0 Å². The molecule has 1 saturated heterocycles. The first kappa shape index (κ1) is 23.4. The molecule has 31 heavy (non-hydrogen) atoms. The molecule has 1 heterocycles. The Morgan fingerprint density at radius 2 is 1.74 bits per heavy atom. The summed E-state index contributed by atoms with van der Waals surface area (Å²) in [7, 11) is 0. The van der Waals surface area contributed by atoms with Crippen molar-refractivity contribution < 1.29 is 9.59 Å². The number of hydrogen-bond acceptors (Lipinski definition) is 3. The molecular formula is C26H34N2O2S. The highest BCUT2D eigenvalue weighted by molar-refractivity contribution is 8.00. The Kier molecular flexibility index (Phi) is 9.01. The number of rotatable bonds is 11. The zero-order chi connectivity index (χ0) is 22.1. The van der Waals surface area contributed by atoms with Gasteiger partial charge in [-0.15, -0.1) is 11.8 Å². The second-order valence-corrected chi connectivity index (χ2v) is 9.38. The Morgan fingerprint density at radius 1 is 1.03 bits per heavy atom. The van der Waals surface area contributed by atoms with E-state index >= 15 is 0 Å². The Balaban J connectivity index is 1.51. The van der Waals surface area contributed by atoms with Gasteiger partial charge in [0.05, 0.1) is 5.75 Å². The molecule has 0 aliphatic carbocycles. The monoisotopic (exact) mass is 438 g/mol. The number of aryl methyl sites for hydroxylation is 1. The predicted octanol–water partition coefficient (Wildman–Crippen LogP) is 6.85. The van der Waals surface area contributed by atoms with Gasteiger partial charge in [0, 0.05) is 17.8 Å².